The van der Waals surface area contributed by atoms with Gasteiger partial charge in [-0.2, -0.15) is 0 Å². The number of Topliss-reactive ketones (excluding diaryl/α,β-unsaturated/α-hetero) is 1. The first kappa shape index (κ1) is 10.3. The second-order valence-electron chi connectivity index (χ2n) is 4.80. The number of rotatable bonds is 2. The number of hydrogen-bond acceptors (Lipinski definition) is 2. The maximum atomic E-state index is 11.9. The summed E-state index contributed by atoms with van der Waals surface area (Å²) in [6.07, 6.45) is 6.67. The zero-order valence-electron chi connectivity index (χ0n) is 9.08. The van der Waals surface area contributed by atoms with Crippen LogP contribution in [0.15, 0.2) is 24.3 Å². The maximum Gasteiger partial charge on any atom is 0.152 e. The Balaban J connectivity index is 2.28. The Bertz CT molecular complexity index is 365. The van der Waals surface area contributed by atoms with E-state index < -0.39 is 5.41 Å². The highest BCUT2D eigenvalue weighted by molar-refractivity contribution is 5.93. The summed E-state index contributed by atoms with van der Waals surface area (Å²) in [5.41, 5.74) is 0.798. The van der Waals surface area contributed by atoms with Crippen molar-refractivity contribution in [1.29, 1.82) is 0 Å². The van der Waals surface area contributed by atoms with E-state index in [0.29, 0.717) is 18.1 Å². The lowest BCUT2D eigenvalue weighted by Crippen LogP contribution is -2.42. The molecular weight excluding hydrogens is 188 g/mol. The number of carbonyl (C=O) groups is 2. The van der Waals surface area contributed by atoms with Gasteiger partial charge in [0.15, 0.2) is 5.78 Å². The van der Waals surface area contributed by atoms with Gasteiger partial charge in [0.05, 0.1) is 5.41 Å². The summed E-state index contributed by atoms with van der Waals surface area (Å²) in [4.78, 5) is 22.9. The molecule has 2 heteroatoms. The van der Waals surface area contributed by atoms with E-state index in [9.17, 15) is 9.59 Å². The Morgan fingerprint density at radius 3 is 2.87 bits per heavy atom. The van der Waals surface area contributed by atoms with Crippen molar-refractivity contribution < 1.29 is 9.59 Å². The van der Waals surface area contributed by atoms with Gasteiger partial charge in [0.25, 0.3) is 0 Å². The van der Waals surface area contributed by atoms with Crippen molar-refractivity contribution >= 4 is 11.6 Å². The van der Waals surface area contributed by atoms with Gasteiger partial charge in [0.2, 0.25) is 0 Å². The molecule has 0 aromatic carbocycles. The fourth-order valence-electron chi connectivity index (χ4n) is 2.70. The molecule has 3 saturated carbocycles. The van der Waals surface area contributed by atoms with Gasteiger partial charge >= 0.3 is 0 Å². The molecule has 3 aliphatic rings. The summed E-state index contributed by atoms with van der Waals surface area (Å²) in [5, 5.41) is 0. The van der Waals surface area contributed by atoms with Crippen molar-refractivity contribution in [3.05, 3.63) is 24.3 Å². The van der Waals surface area contributed by atoms with Crippen molar-refractivity contribution in [2.75, 3.05) is 0 Å². The highest BCUT2D eigenvalue weighted by atomic mass is 16.1. The molecule has 0 heterocycles. The van der Waals surface area contributed by atoms with E-state index in [1.807, 2.05) is 6.08 Å². The topological polar surface area (TPSA) is 34.1 Å². The molecule has 0 spiro atoms. The molecule has 0 N–H and O–H groups in total. The van der Waals surface area contributed by atoms with Crippen LogP contribution >= 0.6 is 0 Å². The zero-order valence-corrected chi connectivity index (χ0v) is 9.08. The van der Waals surface area contributed by atoms with Crippen LogP contribution in [0.1, 0.15) is 32.6 Å². The molecule has 80 valence electrons. The van der Waals surface area contributed by atoms with Crippen LogP contribution in [0.2, 0.25) is 0 Å². The van der Waals surface area contributed by atoms with Gasteiger partial charge in [-0.1, -0.05) is 18.2 Å². The van der Waals surface area contributed by atoms with E-state index in [1.54, 1.807) is 0 Å². The Labute approximate surface area is 90.1 Å². The third kappa shape index (κ3) is 1.69. The lowest BCUT2D eigenvalue weighted by Gasteiger charge is -2.44. The molecule has 0 aromatic heterocycles. The molecule has 0 unspecified atom stereocenters. The largest absolute Gasteiger partial charge is 0.299 e. The van der Waals surface area contributed by atoms with E-state index in [0.717, 1.165) is 19.3 Å². The Hall–Kier alpha value is -1.18. The van der Waals surface area contributed by atoms with E-state index in [4.69, 9.17) is 0 Å². The number of allylic oxidation sites excluding steroid dienone is 3. The van der Waals surface area contributed by atoms with Crippen LogP contribution in [-0.4, -0.2) is 11.6 Å². The van der Waals surface area contributed by atoms with Crippen molar-refractivity contribution in [2.45, 2.75) is 32.6 Å². The maximum absolute atomic E-state index is 11.9. The van der Waals surface area contributed by atoms with Crippen LogP contribution in [0.5, 0.6) is 0 Å². The molecule has 2 atom stereocenters. The first-order valence-corrected chi connectivity index (χ1v) is 5.44. The molecule has 3 aliphatic carbocycles. The summed E-state index contributed by atoms with van der Waals surface area (Å²) in [6.45, 7) is 5.55. The predicted molar refractivity (Wildman–Crippen MR) is 58.4 cm³/mol. The molecule has 2 nitrogen and oxygen atoms in total. The summed E-state index contributed by atoms with van der Waals surface area (Å²) in [6, 6.07) is 0. The minimum absolute atomic E-state index is 0.00971. The highest BCUT2D eigenvalue weighted by Crippen LogP contribution is 2.50. The van der Waals surface area contributed by atoms with Gasteiger partial charge in [-0.15, -0.1) is 0 Å². The zero-order chi connectivity index (χ0) is 11.1. The van der Waals surface area contributed by atoms with Gasteiger partial charge in [-0.3, -0.25) is 9.59 Å². The SMILES string of the molecule is C=C1C[C@]2(/C=C/C(C)=O)CC[C@H]1CC2=O. The van der Waals surface area contributed by atoms with Crippen molar-refractivity contribution in [2.24, 2.45) is 11.3 Å². The smallest absolute Gasteiger partial charge is 0.152 e. The number of fused-ring (bicyclic) bond motifs is 3. The van der Waals surface area contributed by atoms with E-state index in [1.165, 1.54) is 18.6 Å². The molecule has 3 fully saturated rings. The highest BCUT2D eigenvalue weighted by Gasteiger charge is 2.46. The second kappa shape index (κ2) is 3.44. The first-order valence-electron chi connectivity index (χ1n) is 5.44. The summed E-state index contributed by atoms with van der Waals surface area (Å²) in [5.74, 6) is 0.712. The average molecular weight is 204 g/mol. The van der Waals surface area contributed by atoms with Crippen LogP contribution in [0.25, 0.3) is 0 Å². The normalized spacial score (nSPS) is 35.1. The Kier molecular flexibility index (Phi) is 2.37. The second-order valence-corrected chi connectivity index (χ2v) is 4.80. The third-order valence-electron chi connectivity index (χ3n) is 3.68. The average Bonchev–Trinajstić information content (AvgIpc) is 2.18. The minimum Gasteiger partial charge on any atom is -0.299 e. The molecular formula is C13H16O2. The Morgan fingerprint density at radius 2 is 2.33 bits per heavy atom. The van der Waals surface area contributed by atoms with Crippen LogP contribution in [0.4, 0.5) is 0 Å². The molecule has 15 heavy (non-hydrogen) atoms. The number of ketones is 2. The molecule has 0 saturated heterocycles. The first-order chi connectivity index (χ1) is 7.03. The van der Waals surface area contributed by atoms with Gasteiger partial charge < -0.3 is 0 Å². The summed E-state index contributed by atoms with van der Waals surface area (Å²) in [7, 11) is 0. The van der Waals surface area contributed by atoms with Crippen LogP contribution in [-0.2, 0) is 9.59 Å². The van der Waals surface area contributed by atoms with Gasteiger partial charge in [-0.25, -0.2) is 0 Å². The lowest BCUT2D eigenvalue weighted by atomic mass is 9.58. The molecule has 0 aromatic rings. The van der Waals surface area contributed by atoms with Crippen LogP contribution < -0.4 is 0 Å². The van der Waals surface area contributed by atoms with E-state index in [-0.39, 0.29) is 5.78 Å². The van der Waals surface area contributed by atoms with Gasteiger partial charge in [0.1, 0.15) is 5.78 Å². The summed E-state index contributed by atoms with van der Waals surface area (Å²) >= 11 is 0. The molecule has 3 rings (SSSR count). The quantitative estimate of drug-likeness (QED) is 0.511. The lowest BCUT2D eigenvalue weighted by molar-refractivity contribution is -0.131. The third-order valence-corrected chi connectivity index (χ3v) is 3.68. The fourth-order valence-corrected chi connectivity index (χ4v) is 2.70. The Morgan fingerprint density at radius 1 is 1.60 bits per heavy atom. The monoisotopic (exact) mass is 204 g/mol. The van der Waals surface area contributed by atoms with Crippen LogP contribution in [0, 0.1) is 11.3 Å². The van der Waals surface area contributed by atoms with Crippen molar-refractivity contribution in [3.63, 3.8) is 0 Å². The molecule has 0 aliphatic heterocycles. The number of hydrogen-bond donors (Lipinski definition) is 0. The van der Waals surface area contributed by atoms with E-state index in [2.05, 4.69) is 6.58 Å². The summed E-state index contributed by atoms with van der Waals surface area (Å²) < 4.78 is 0. The molecule has 0 radical (unpaired) electrons. The molecule has 2 bridgehead atoms. The minimum atomic E-state index is -0.391. The fraction of sp³-hybridized carbons (Fsp3) is 0.538. The van der Waals surface area contributed by atoms with Gasteiger partial charge in [0, 0.05) is 6.42 Å². The van der Waals surface area contributed by atoms with E-state index >= 15 is 0 Å². The standard InChI is InChI=1S/C13H16O2/c1-9-8-13(5-3-10(2)14)6-4-11(9)7-12(13)15/h3,5,11H,1,4,6-8H2,2H3/b5-3+/t11-,13-/m0/s1. The predicted octanol–water partition coefficient (Wildman–Crippen LogP) is 2.45. The van der Waals surface area contributed by atoms with Gasteiger partial charge in [-0.05, 0) is 38.2 Å². The molecule has 0 amide bonds. The van der Waals surface area contributed by atoms with Crippen molar-refractivity contribution in [1.82, 2.24) is 0 Å². The van der Waals surface area contributed by atoms with Crippen molar-refractivity contribution in [3.8, 4) is 0 Å². The number of carbonyl (C=O) groups excluding carboxylic acids is 2. The van der Waals surface area contributed by atoms with Crippen LogP contribution in [0.3, 0.4) is 0 Å².